The number of benzene rings is 11. The van der Waals surface area contributed by atoms with Crippen LogP contribution in [0.3, 0.4) is 0 Å². The molecule has 13 rings (SSSR count). The van der Waals surface area contributed by atoms with Crippen LogP contribution in [-0.4, -0.2) is 0 Å². The molecule has 2 nitrogen and oxygen atoms in total. The molecule has 0 N–H and O–H groups in total. The highest BCUT2D eigenvalue weighted by molar-refractivity contribution is 7.26. The summed E-state index contributed by atoms with van der Waals surface area (Å²) in [6.45, 7) is 0. The van der Waals surface area contributed by atoms with E-state index in [1.165, 1.54) is 75.8 Å². The van der Waals surface area contributed by atoms with Crippen molar-refractivity contribution in [3.05, 3.63) is 261 Å². The molecule has 0 aliphatic carbocycles. The van der Waals surface area contributed by atoms with Gasteiger partial charge >= 0.3 is 0 Å². The van der Waals surface area contributed by atoms with E-state index in [0.29, 0.717) is 0 Å². The van der Waals surface area contributed by atoms with Crippen molar-refractivity contribution in [3.8, 4) is 66.8 Å². The lowest BCUT2D eigenvalue weighted by molar-refractivity contribution is 0.669. The Labute approximate surface area is 405 Å². The second kappa shape index (κ2) is 17.2. The van der Waals surface area contributed by atoms with Gasteiger partial charge in [-0.25, -0.2) is 0 Å². The summed E-state index contributed by atoms with van der Waals surface area (Å²) in [5.41, 5.74) is 19.2. The van der Waals surface area contributed by atoms with E-state index in [1.807, 2.05) is 11.3 Å². The topological polar surface area (TPSA) is 16.4 Å². The Hall–Kier alpha value is -8.76. The van der Waals surface area contributed by atoms with Crippen molar-refractivity contribution in [3.63, 3.8) is 0 Å². The van der Waals surface area contributed by atoms with Crippen molar-refractivity contribution >= 4 is 70.5 Å². The Balaban J connectivity index is 1.00. The average molecular weight is 898 g/mol. The summed E-state index contributed by atoms with van der Waals surface area (Å²) >= 11 is 1.87. The van der Waals surface area contributed by atoms with Crippen molar-refractivity contribution < 1.29 is 4.42 Å². The molecule has 0 saturated heterocycles. The van der Waals surface area contributed by atoms with Gasteiger partial charge in [0.2, 0.25) is 0 Å². The maximum Gasteiger partial charge on any atom is 0.137 e. The highest BCUT2D eigenvalue weighted by Gasteiger charge is 2.23. The fourth-order valence-corrected chi connectivity index (χ4v) is 11.5. The lowest BCUT2D eigenvalue weighted by Crippen LogP contribution is -2.10. The van der Waals surface area contributed by atoms with Gasteiger partial charge < -0.3 is 9.32 Å². The molecule has 0 atom stereocenters. The van der Waals surface area contributed by atoms with Crippen molar-refractivity contribution in [2.24, 2.45) is 0 Å². The number of furan rings is 1. The molecule has 0 amide bonds. The van der Waals surface area contributed by atoms with Crippen LogP contribution in [0.2, 0.25) is 0 Å². The summed E-state index contributed by atoms with van der Waals surface area (Å²) in [6, 6.07) is 94.2. The summed E-state index contributed by atoms with van der Waals surface area (Å²) in [6.07, 6.45) is 0. The molecule has 2 aromatic heterocycles. The smallest absolute Gasteiger partial charge is 0.137 e. The fourth-order valence-electron chi connectivity index (χ4n) is 10.2. The first-order valence-corrected chi connectivity index (χ1v) is 24.3. The molecule has 2 heterocycles. The molecule has 0 radical (unpaired) electrons. The molecule has 0 saturated carbocycles. The van der Waals surface area contributed by atoms with Crippen LogP contribution in [0.15, 0.2) is 265 Å². The Morgan fingerprint density at radius 1 is 0.290 bits per heavy atom. The Kier molecular flexibility index (Phi) is 10.1. The molecule has 3 heteroatoms. The number of hydrogen-bond acceptors (Lipinski definition) is 3. The minimum Gasteiger partial charge on any atom is -0.456 e. The summed E-state index contributed by atoms with van der Waals surface area (Å²) in [5, 5.41) is 4.65. The molecular weight excluding hydrogens is 855 g/mol. The third-order valence-electron chi connectivity index (χ3n) is 13.5. The van der Waals surface area contributed by atoms with Gasteiger partial charge in [-0.3, -0.25) is 0 Å². The van der Waals surface area contributed by atoms with Gasteiger partial charge in [-0.05, 0) is 115 Å². The van der Waals surface area contributed by atoms with Crippen molar-refractivity contribution in [1.29, 1.82) is 0 Å². The monoisotopic (exact) mass is 897 g/mol. The number of hydrogen-bond donors (Lipinski definition) is 0. The molecule has 11 aromatic carbocycles. The van der Waals surface area contributed by atoms with Gasteiger partial charge in [0, 0.05) is 48.4 Å². The normalized spacial score (nSPS) is 11.5. The number of nitrogens with zero attached hydrogens (tertiary/aromatic N) is 1. The standard InChI is InChI=1S/C66H43NOS/c1-5-17-44(18-6-1)49-31-36-58-59-38-35-52(43-63(59)68-62(58)41-49)67(51-33-29-48(30-34-51)54-26-14-16-28-57(54)56-27-15-13-25-53(56)46-21-9-3-10-22-46)61-40-39-55(47-23-11-4-12-24-47)66-65(61)60-37-32-50(42-64(60)69-66)45-19-7-2-8-20-45/h1-43H. The van der Waals surface area contributed by atoms with Crippen molar-refractivity contribution in [2.75, 3.05) is 4.90 Å². The molecule has 0 aliphatic heterocycles. The fraction of sp³-hybridized carbons (Fsp3) is 0. The van der Waals surface area contributed by atoms with Crippen LogP contribution in [0.5, 0.6) is 0 Å². The predicted molar refractivity (Wildman–Crippen MR) is 294 cm³/mol. The van der Waals surface area contributed by atoms with Crippen LogP contribution in [0, 0.1) is 0 Å². The average Bonchev–Trinajstić information content (AvgIpc) is 4.00. The van der Waals surface area contributed by atoms with Gasteiger partial charge in [0.15, 0.2) is 0 Å². The second-order valence-corrected chi connectivity index (χ2v) is 18.6. The Morgan fingerprint density at radius 2 is 0.725 bits per heavy atom. The Morgan fingerprint density at radius 3 is 1.32 bits per heavy atom. The number of anilines is 3. The van der Waals surface area contributed by atoms with Crippen LogP contribution >= 0.6 is 11.3 Å². The van der Waals surface area contributed by atoms with Crippen LogP contribution in [0.4, 0.5) is 17.1 Å². The zero-order valence-electron chi connectivity index (χ0n) is 37.6. The molecule has 13 aromatic rings. The predicted octanol–water partition coefficient (Wildman–Crippen LogP) is 19.4. The Bertz CT molecular complexity index is 3990. The number of rotatable bonds is 9. The van der Waals surface area contributed by atoms with E-state index in [-0.39, 0.29) is 0 Å². The third-order valence-corrected chi connectivity index (χ3v) is 14.7. The van der Waals surface area contributed by atoms with E-state index >= 15 is 0 Å². The van der Waals surface area contributed by atoms with Crippen LogP contribution in [0.25, 0.3) is 109 Å². The summed E-state index contributed by atoms with van der Waals surface area (Å²) < 4.78 is 9.31. The van der Waals surface area contributed by atoms with E-state index in [2.05, 4.69) is 266 Å². The van der Waals surface area contributed by atoms with Gasteiger partial charge in [-0.2, -0.15) is 0 Å². The van der Waals surface area contributed by atoms with Gasteiger partial charge in [-0.15, -0.1) is 11.3 Å². The molecule has 0 spiro atoms. The molecule has 0 bridgehead atoms. The van der Waals surface area contributed by atoms with Gasteiger partial charge in [0.1, 0.15) is 11.2 Å². The van der Waals surface area contributed by atoms with E-state index in [1.54, 1.807) is 0 Å². The second-order valence-electron chi connectivity index (χ2n) is 17.6. The van der Waals surface area contributed by atoms with Gasteiger partial charge in [0.25, 0.3) is 0 Å². The highest BCUT2D eigenvalue weighted by atomic mass is 32.1. The SMILES string of the molecule is c1ccc(-c2ccc3c(c2)oc2cc(N(c4ccc(-c5ccccc5-c5ccccc5-c5ccccc5)cc4)c4ccc(-c5ccccc5)c5sc6cc(-c7ccccc7)ccc6c45)ccc23)cc1. The summed E-state index contributed by atoms with van der Waals surface area (Å²) in [4.78, 5) is 2.43. The van der Waals surface area contributed by atoms with E-state index < -0.39 is 0 Å². The summed E-state index contributed by atoms with van der Waals surface area (Å²) in [5.74, 6) is 0. The first-order chi connectivity index (χ1) is 34.2. The quantitative estimate of drug-likeness (QED) is 0.144. The maximum absolute atomic E-state index is 6.80. The minimum absolute atomic E-state index is 0.847. The van der Waals surface area contributed by atoms with Crippen LogP contribution in [-0.2, 0) is 0 Å². The molecule has 0 aliphatic rings. The molecular formula is C66H43NOS. The van der Waals surface area contributed by atoms with Crippen molar-refractivity contribution in [1.82, 2.24) is 0 Å². The maximum atomic E-state index is 6.80. The largest absolute Gasteiger partial charge is 0.456 e. The van der Waals surface area contributed by atoms with E-state index in [9.17, 15) is 0 Å². The van der Waals surface area contributed by atoms with Gasteiger partial charge in [-0.1, -0.05) is 206 Å². The van der Waals surface area contributed by atoms with Crippen LogP contribution < -0.4 is 4.90 Å². The van der Waals surface area contributed by atoms with Gasteiger partial charge in [0.05, 0.1) is 5.69 Å². The van der Waals surface area contributed by atoms with E-state index in [0.717, 1.165) is 50.1 Å². The lowest BCUT2D eigenvalue weighted by Gasteiger charge is -2.27. The lowest BCUT2D eigenvalue weighted by atomic mass is 9.89. The number of fused-ring (bicyclic) bond motifs is 6. The van der Waals surface area contributed by atoms with Crippen molar-refractivity contribution in [2.45, 2.75) is 0 Å². The summed E-state index contributed by atoms with van der Waals surface area (Å²) in [7, 11) is 0. The molecule has 69 heavy (non-hydrogen) atoms. The zero-order valence-corrected chi connectivity index (χ0v) is 38.4. The highest BCUT2D eigenvalue weighted by Crippen LogP contribution is 2.50. The number of thiophene rings is 1. The molecule has 0 fully saturated rings. The third kappa shape index (κ3) is 7.28. The molecule has 324 valence electrons. The van der Waals surface area contributed by atoms with Crippen LogP contribution in [0.1, 0.15) is 0 Å². The molecule has 0 unspecified atom stereocenters. The minimum atomic E-state index is 0.847. The van der Waals surface area contributed by atoms with E-state index in [4.69, 9.17) is 4.42 Å². The zero-order chi connectivity index (χ0) is 45.7. The first kappa shape index (κ1) is 40.5. The first-order valence-electron chi connectivity index (χ1n) is 23.5.